The van der Waals surface area contributed by atoms with Crippen molar-refractivity contribution in [3.8, 4) is 0 Å². The van der Waals surface area contributed by atoms with E-state index in [4.69, 9.17) is 11.6 Å². The molecule has 0 bridgehead atoms. The number of fused-ring (bicyclic) bond motifs is 1. The van der Waals surface area contributed by atoms with E-state index in [1.807, 2.05) is 41.3 Å². The molecule has 0 radical (unpaired) electrons. The van der Waals surface area contributed by atoms with E-state index >= 15 is 0 Å². The molecule has 2 aromatic rings. The Kier molecular flexibility index (Phi) is 5.36. The van der Waals surface area contributed by atoms with Gasteiger partial charge < -0.3 is 9.80 Å². The van der Waals surface area contributed by atoms with E-state index in [1.165, 1.54) is 0 Å². The first-order valence-electron chi connectivity index (χ1n) is 8.36. The van der Waals surface area contributed by atoms with Gasteiger partial charge in [0.15, 0.2) is 0 Å². The van der Waals surface area contributed by atoms with Crippen LogP contribution in [0.4, 0.5) is 11.4 Å². The maximum Gasteiger partial charge on any atom is 0.227 e. The number of pyridine rings is 1. The van der Waals surface area contributed by atoms with E-state index in [0.29, 0.717) is 11.4 Å². The lowest BCUT2D eigenvalue weighted by Crippen LogP contribution is -2.31. The Hall–Kier alpha value is -2.07. The van der Waals surface area contributed by atoms with Crippen LogP contribution in [0.15, 0.2) is 42.6 Å². The third kappa shape index (κ3) is 3.88. The van der Waals surface area contributed by atoms with E-state index < -0.39 is 0 Å². The number of aryl methyl sites for hydroxylation is 1. The van der Waals surface area contributed by atoms with Crippen molar-refractivity contribution in [3.05, 3.63) is 53.3 Å². The molecule has 0 saturated carbocycles. The van der Waals surface area contributed by atoms with Gasteiger partial charge >= 0.3 is 0 Å². The zero-order chi connectivity index (χ0) is 16.9. The Morgan fingerprint density at radius 1 is 1.21 bits per heavy atom. The maximum atomic E-state index is 12.8. The fourth-order valence-electron chi connectivity index (χ4n) is 3.10. The van der Waals surface area contributed by atoms with E-state index in [2.05, 4.69) is 16.9 Å². The molecule has 0 N–H and O–H groups in total. The summed E-state index contributed by atoms with van der Waals surface area (Å²) in [5.74, 6) is 0.157. The quantitative estimate of drug-likeness (QED) is 0.844. The minimum Gasteiger partial charge on any atom is -0.373 e. The lowest BCUT2D eigenvalue weighted by molar-refractivity contribution is -0.118. The molecular weight excluding hydrogens is 322 g/mol. The molecule has 0 unspecified atom stereocenters. The van der Waals surface area contributed by atoms with Crippen LogP contribution in [0, 0.1) is 0 Å². The van der Waals surface area contributed by atoms with Crippen molar-refractivity contribution in [2.24, 2.45) is 0 Å². The molecule has 24 heavy (non-hydrogen) atoms. The highest BCUT2D eigenvalue weighted by molar-refractivity contribution is 6.31. The van der Waals surface area contributed by atoms with Gasteiger partial charge in [0.2, 0.25) is 5.91 Å². The molecule has 2 heterocycles. The Labute approximate surface area is 148 Å². The fraction of sp³-hybridized carbons (Fsp3) is 0.368. The minimum absolute atomic E-state index is 0.157. The molecule has 5 heteroatoms. The molecule has 0 atom stereocenters. The monoisotopic (exact) mass is 343 g/mol. The van der Waals surface area contributed by atoms with Crippen LogP contribution >= 0.6 is 11.6 Å². The number of hydrogen-bond acceptors (Lipinski definition) is 3. The van der Waals surface area contributed by atoms with Crippen molar-refractivity contribution in [2.75, 3.05) is 29.9 Å². The number of halogens is 1. The van der Waals surface area contributed by atoms with Gasteiger partial charge in [-0.05, 0) is 49.6 Å². The molecule has 3 rings (SSSR count). The highest BCUT2D eigenvalue weighted by Crippen LogP contribution is 2.34. The van der Waals surface area contributed by atoms with Gasteiger partial charge in [-0.25, -0.2) is 0 Å². The first-order chi connectivity index (χ1) is 11.6. The number of benzene rings is 1. The molecule has 1 aromatic heterocycles. The van der Waals surface area contributed by atoms with Crippen molar-refractivity contribution in [3.63, 3.8) is 0 Å². The lowest BCUT2D eigenvalue weighted by atomic mass is 10.1. The zero-order valence-electron chi connectivity index (χ0n) is 13.9. The normalized spacial score (nSPS) is 14.2. The van der Waals surface area contributed by atoms with Gasteiger partial charge in [0, 0.05) is 43.5 Å². The van der Waals surface area contributed by atoms with Crippen LogP contribution in [0.1, 0.15) is 25.0 Å². The topological polar surface area (TPSA) is 36.4 Å². The van der Waals surface area contributed by atoms with E-state index in [1.54, 1.807) is 6.20 Å². The number of carbonyl (C=O) groups is 1. The first-order valence-corrected chi connectivity index (χ1v) is 8.74. The van der Waals surface area contributed by atoms with E-state index in [-0.39, 0.29) is 5.91 Å². The Bertz CT molecular complexity index is 705. The lowest BCUT2D eigenvalue weighted by Gasteiger charge is -2.24. The molecule has 1 aliphatic rings. The molecule has 1 aliphatic heterocycles. The van der Waals surface area contributed by atoms with Crippen LogP contribution in [-0.2, 0) is 11.2 Å². The number of amides is 1. The summed E-state index contributed by atoms with van der Waals surface area (Å²) >= 11 is 6.17. The second-order valence-electron chi connectivity index (χ2n) is 6.13. The second-order valence-corrected chi connectivity index (χ2v) is 6.56. The summed E-state index contributed by atoms with van der Waals surface area (Å²) < 4.78 is 0. The maximum absolute atomic E-state index is 12.8. The predicted molar refractivity (Wildman–Crippen MR) is 98.9 cm³/mol. The standard InChI is InChI=1S/C19H22ClN3O/c1-22-12-5-13-23(18-14-15(20)9-10-17(18)22)19(24)8-4-7-16-6-2-3-11-21-16/h2-3,6,9-11,14H,4-5,7-8,12-13H2,1H3. The van der Waals surface area contributed by atoms with Gasteiger partial charge in [0.05, 0.1) is 11.4 Å². The zero-order valence-corrected chi connectivity index (χ0v) is 14.7. The predicted octanol–water partition coefficient (Wildman–Crippen LogP) is 3.93. The van der Waals surface area contributed by atoms with Crippen LogP contribution < -0.4 is 9.80 Å². The van der Waals surface area contributed by atoms with Gasteiger partial charge in [0.1, 0.15) is 0 Å². The number of rotatable bonds is 4. The Morgan fingerprint density at radius 3 is 2.88 bits per heavy atom. The molecule has 0 fully saturated rings. The third-order valence-corrected chi connectivity index (χ3v) is 4.60. The summed E-state index contributed by atoms with van der Waals surface area (Å²) in [7, 11) is 2.06. The van der Waals surface area contributed by atoms with Crippen molar-refractivity contribution in [1.29, 1.82) is 0 Å². The second kappa shape index (κ2) is 7.67. The SMILES string of the molecule is CN1CCCN(C(=O)CCCc2ccccn2)c2cc(Cl)ccc21. The molecule has 1 amide bonds. The molecule has 1 aromatic carbocycles. The van der Waals surface area contributed by atoms with Crippen LogP contribution in [0.5, 0.6) is 0 Å². The van der Waals surface area contributed by atoms with Crippen LogP contribution in [0.25, 0.3) is 0 Å². The molecule has 4 nitrogen and oxygen atoms in total. The van der Waals surface area contributed by atoms with Gasteiger partial charge in [0.25, 0.3) is 0 Å². The highest BCUT2D eigenvalue weighted by atomic mass is 35.5. The molecule has 0 aliphatic carbocycles. The van der Waals surface area contributed by atoms with Gasteiger partial charge in [-0.2, -0.15) is 0 Å². The molecule has 0 saturated heterocycles. The molecular formula is C19H22ClN3O. The summed E-state index contributed by atoms with van der Waals surface area (Å²) in [5.41, 5.74) is 3.02. The van der Waals surface area contributed by atoms with Gasteiger partial charge in [-0.3, -0.25) is 9.78 Å². The summed E-state index contributed by atoms with van der Waals surface area (Å²) in [6.45, 7) is 1.67. The number of carbonyl (C=O) groups excluding carboxylic acids is 1. The van der Waals surface area contributed by atoms with Gasteiger partial charge in [-0.15, -0.1) is 0 Å². The average molecular weight is 344 g/mol. The largest absolute Gasteiger partial charge is 0.373 e. The number of nitrogens with zero attached hydrogens (tertiary/aromatic N) is 3. The smallest absolute Gasteiger partial charge is 0.227 e. The summed E-state index contributed by atoms with van der Waals surface area (Å²) in [6.07, 6.45) is 4.89. The van der Waals surface area contributed by atoms with Crippen LogP contribution in [0.3, 0.4) is 0 Å². The molecule has 126 valence electrons. The van der Waals surface area contributed by atoms with Crippen molar-refractivity contribution < 1.29 is 4.79 Å². The Balaban J connectivity index is 1.70. The van der Waals surface area contributed by atoms with Crippen LogP contribution in [0.2, 0.25) is 5.02 Å². The van der Waals surface area contributed by atoms with Gasteiger partial charge in [-0.1, -0.05) is 17.7 Å². The highest BCUT2D eigenvalue weighted by Gasteiger charge is 2.23. The summed E-state index contributed by atoms with van der Waals surface area (Å²) in [6, 6.07) is 11.7. The average Bonchev–Trinajstić information content (AvgIpc) is 2.74. The Morgan fingerprint density at radius 2 is 2.08 bits per heavy atom. The van der Waals surface area contributed by atoms with Crippen molar-refractivity contribution in [1.82, 2.24) is 4.98 Å². The van der Waals surface area contributed by atoms with E-state index in [0.717, 1.165) is 49.4 Å². The van der Waals surface area contributed by atoms with E-state index in [9.17, 15) is 4.79 Å². The third-order valence-electron chi connectivity index (χ3n) is 4.37. The first kappa shape index (κ1) is 16.8. The van der Waals surface area contributed by atoms with Crippen molar-refractivity contribution in [2.45, 2.75) is 25.7 Å². The number of anilines is 2. The number of aromatic nitrogens is 1. The minimum atomic E-state index is 0.157. The number of hydrogen-bond donors (Lipinski definition) is 0. The summed E-state index contributed by atoms with van der Waals surface area (Å²) in [5, 5.41) is 0.662. The summed E-state index contributed by atoms with van der Waals surface area (Å²) in [4.78, 5) is 21.2. The van der Waals surface area contributed by atoms with Crippen LogP contribution in [-0.4, -0.2) is 31.0 Å². The molecule has 0 spiro atoms. The fourth-order valence-corrected chi connectivity index (χ4v) is 3.27. The van der Waals surface area contributed by atoms with Crippen molar-refractivity contribution >= 4 is 28.9 Å².